The fourth-order valence-electron chi connectivity index (χ4n) is 3.97. The van der Waals surface area contributed by atoms with E-state index in [9.17, 15) is 0 Å². The van der Waals surface area contributed by atoms with Crippen LogP contribution < -0.4 is 15.4 Å². The van der Waals surface area contributed by atoms with Crippen molar-refractivity contribution in [1.82, 2.24) is 25.4 Å². The molecule has 3 atom stereocenters. The van der Waals surface area contributed by atoms with Crippen molar-refractivity contribution < 1.29 is 9.47 Å². The number of ether oxygens (including phenoxy) is 2. The Balaban J connectivity index is 0.00000256. The number of aliphatic imine (C=N–C) groups is 1. The summed E-state index contributed by atoms with van der Waals surface area (Å²) in [6.45, 7) is 3.22. The van der Waals surface area contributed by atoms with Crippen LogP contribution in [0.15, 0.2) is 29.3 Å². The molecule has 2 aromatic rings. The molecule has 0 saturated carbocycles. The monoisotopic (exact) mass is 526 g/mol. The molecule has 30 heavy (non-hydrogen) atoms. The zero-order valence-electron chi connectivity index (χ0n) is 17.8. The summed E-state index contributed by atoms with van der Waals surface area (Å²) >= 11 is 0. The van der Waals surface area contributed by atoms with Crippen molar-refractivity contribution in [3.63, 3.8) is 0 Å². The third kappa shape index (κ3) is 5.42. The normalized spacial score (nSPS) is 22.6. The van der Waals surface area contributed by atoms with E-state index < -0.39 is 0 Å². The number of aryl methyl sites for hydroxylation is 1. The quantitative estimate of drug-likeness (QED) is 0.328. The Morgan fingerprint density at radius 1 is 1.27 bits per heavy atom. The number of hydrogen-bond donors (Lipinski definition) is 2. The van der Waals surface area contributed by atoms with Gasteiger partial charge in [0.05, 0.1) is 25.4 Å². The molecule has 2 fully saturated rings. The molecule has 0 amide bonds. The minimum Gasteiger partial charge on any atom is -0.497 e. The van der Waals surface area contributed by atoms with Gasteiger partial charge in [0.2, 0.25) is 0 Å². The van der Waals surface area contributed by atoms with Crippen LogP contribution >= 0.6 is 24.0 Å². The van der Waals surface area contributed by atoms with Crippen molar-refractivity contribution in [2.75, 3.05) is 13.7 Å². The molecule has 2 saturated heterocycles. The minimum absolute atomic E-state index is 0. The Bertz CT molecular complexity index is 854. The molecule has 164 valence electrons. The summed E-state index contributed by atoms with van der Waals surface area (Å²) in [5.41, 5.74) is 1.25. The first-order valence-corrected chi connectivity index (χ1v) is 10.3. The summed E-state index contributed by atoms with van der Waals surface area (Å²) in [5, 5.41) is 15.4. The zero-order chi connectivity index (χ0) is 20.2. The van der Waals surface area contributed by atoms with Crippen LogP contribution in [-0.4, -0.2) is 52.6 Å². The molecule has 3 unspecified atom stereocenters. The lowest BCUT2D eigenvalue weighted by molar-refractivity contribution is 0.0992. The second-order valence-electron chi connectivity index (χ2n) is 7.77. The predicted molar refractivity (Wildman–Crippen MR) is 126 cm³/mol. The first-order chi connectivity index (χ1) is 14.1. The van der Waals surface area contributed by atoms with Crippen LogP contribution in [-0.2, 0) is 24.8 Å². The maximum Gasteiger partial charge on any atom is 0.192 e. The third-order valence-electron chi connectivity index (χ3n) is 5.85. The molecule has 1 aromatic heterocycles. The van der Waals surface area contributed by atoms with E-state index in [2.05, 4.69) is 33.0 Å². The van der Waals surface area contributed by atoms with Crippen molar-refractivity contribution >= 4 is 29.9 Å². The lowest BCUT2D eigenvalue weighted by atomic mass is 9.96. The molecule has 4 rings (SSSR count). The van der Waals surface area contributed by atoms with E-state index in [1.165, 1.54) is 12.0 Å². The number of benzene rings is 1. The molecule has 2 N–H and O–H groups in total. The average molecular weight is 526 g/mol. The summed E-state index contributed by atoms with van der Waals surface area (Å²) in [5.74, 6) is 3.42. The van der Waals surface area contributed by atoms with Crippen LogP contribution in [0.1, 0.15) is 36.5 Å². The molecule has 3 heterocycles. The molecule has 2 aliphatic heterocycles. The van der Waals surface area contributed by atoms with E-state index in [0.29, 0.717) is 24.8 Å². The van der Waals surface area contributed by atoms with Crippen molar-refractivity contribution in [1.29, 1.82) is 0 Å². The summed E-state index contributed by atoms with van der Waals surface area (Å²) in [7, 11) is 3.65. The van der Waals surface area contributed by atoms with Crippen molar-refractivity contribution in [3.05, 3.63) is 41.5 Å². The van der Waals surface area contributed by atoms with Crippen LogP contribution in [0.3, 0.4) is 0 Å². The van der Waals surface area contributed by atoms with Crippen LogP contribution in [0, 0.1) is 6.92 Å². The van der Waals surface area contributed by atoms with E-state index in [4.69, 9.17) is 14.5 Å². The highest BCUT2D eigenvalue weighted by molar-refractivity contribution is 14.0. The smallest absolute Gasteiger partial charge is 0.192 e. The van der Waals surface area contributed by atoms with Gasteiger partial charge in [0.1, 0.15) is 18.1 Å². The van der Waals surface area contributed by atoms with Gasteiger partial charge >= 0.3 is 0 Å². The molecule has 0 aliphatic carbocycles. The Kier molecular flexibility index (Phi) is 7.93. The van der Waals surface area contributed by atoms with Gasteiger partial charge in [0, 0.05) is 13.6 Å². The molecule has 9 heteroatoms. The van der Waals surface area contributed by atoms with Gasteiger partial charge in [-0.3, -0.25) is 0 Å². The number of rotatable bonds is 7. The Hall–Kier alpha value is -1.88. The highest BCUT2D eigenvalue weighted by Gasteiger charge is 2.41. The fourth-order valence-corrected chi connectivity index (χ4v) is 3.97. The number of guanidine groups is 1. The van der Waals surface area contributed by atoms with Gasteiger partial charge in [-0.05, 0) is 50.3 Å². The molecule has 2 aliphatic rings. The topological polar surface area (TPSA) is 85.6 Å². The van der Waals surface area contributed by atoms with Gasteiger partial charge in [-0.15, -0.1) is 34.2 Å². The van der Waals surface area contributed by atoms with Crippen molar-refractivity contribution in [3.8, 4) is 5.75 Å². The number of nitrogens with one attached hydrogen (secondary N) is 2. The van der Waals surface area contributed by atoms with E-state index in [0.717, 1.165) is 49.2 Å². The van der Waals surface area contributed by atoms with E-state index >= 15 is 0 Å². The van der Waals surface area contributed by atoms with Gasteiger partial charge in [-0.1, -0.05) is 12.1 Å². The van der Waals surface area contributed by atoms with E-state index in [-0.39, 0.29) is 24.0 Å². The van der Waals surface area contributed by atoms with Crippen LogP contribution in [0.5, 0.6) is 5.75 Å². The first-order valence-electron chi connectivity index (χ1n) is 10.3. The molecule has 1 aromatic carbocycles. The Morgan fingerprint density at radius 2 is 2.07 bits per heavy atom. The Morgan fingerprint density at radius 3 is 2.67 bits per heavy atom. The van der Waals surface area contributed by atoms with Gasteiger partial charge in [0.15, 0.2) is 11.8 Å². The summed E-state index contributed by atoms with van der Waals surface area (Å²) < 4.78 is 13.2. The number of methoxy groups -OCH3 is 1. The molecule has 8 nitrogen and oxygen atoms in total. The lowest BCUT2D eigenvalue weighted by Gasteiger charge is -2.23. The molecular weight excluding hydrogens is 495 g/mol. The average Bonchev–Trinajstić information content (AvgIpc) is 3.44. The van der Waals surface area contributed by atoms with Crippen molar-refractivity contribution in [2.24, 2.45) is 12.0 Å². The fraction of sp³-hybridized carbons (Fsp3) is 0.571. The Labute approximate surface area is 194 Å². The highest BCUT2D eigenvalue weighted by Crippen LogP contribution is 2.34. The van der Waals surface area contributed by atoms with Gasteiger partial charge in [0.25, 0.3) is 0 Å². The predicted octanol–water partition coefficient (Wildman–Crippen LogP) is 2.35. The van der Waals surface area contributed by atoms with Gasteiger partial charge < -0.3 is 24.7 Å². The number of hydrogen-bond acceptors (Lipinski definition) is 5. The number of nitrogens with zero attached hydrogens (tertiary/aromatic N) is 4. The summed E-state index contributed by atoms with van der Waals surface area (Å²) in [6.07, 6.45) is 4.96. The van der Waals surface area contributed by atoms with E-state index in [1.807, 2.05) is 30.7 Å². The highest BCUT2D eigenvalue weighted by atomic mass is 127. The third-order valence-corrected chi connectivity index (χ3v) is 5.85. The second-order valence-corrected chi connectivity index (χ2v) is 7.77. The van der Waals surface area contributed by atoms with Crippen molar-refractivity contribution in [2.45, 2.75) is 57.4 Å². The largest absolute Gasteiger partial charge is 0.497 e. The minimum atomic E-state index is 0. The van der Waals surface area contributed by atoms with Crippen LogP contribution in [0.2, 0.25) is 0 Å². The second kappa shape index (κ2) is 10.4. The number of fused-ring (bicyclic) bond motifs is 2. The van der Waals surface area contributed by atoms with Crippen LogP contribution in [0.4, 0.5) is 0 Å². The number of aromatic nitrogens is 3. The first kappa shape index (κ1) is 22.8. The standard InChI is InChI=1S/C21H30N6O2.HI/c1-14-25-26-20(27(14)2)13-23-21(24-18-12-17-8-9-19(18)29-17)22-11-10-15-4-6-16(28-3)7-5-15;/h4-7,17-19H,8-13H2,1-3H3,(H2,22,23,24);1H. The van der Waals surface area contributed by atoms with E-state index in [1.54, 1.807) is 7.11 Å². The molecule has 0 spiro atoms. The summed E-state index contributed by atoms with van der Waals surface area (Å²) in [4.78, 5) is 4.77. The molecule has 0 radical (unpaired) electrons. The SMILES string of the molecule is COc1ccc(CCNC(=NCc2nnc(C)n2C)NC2CC3CCC2O3)cc1.I. The number of halogens is 1. The molecular formula is C21H31IN6O2. The lowest BCUT2D eigenvalue weighted by Crippen LogP contribution is -2.48. The zero-order valence-corrected chi connectivity index (χ0v) is 20.1. The van der Waals surface area contributed by atoms with Gasteiger partial charge in [-0.25, -0.2) is 4.99 Å². The molecule has 2 bridgehead atoms. The van der Waals surface area contributed by atoms with Crippen LogP contribution in [0.25, 0.3) is 0 Å². The van der Waals surface area contributed by atoms with Gasteiger partial charge in [-0.2, -0.15) is 0 Å². The maximum atomic E-state index is 5.98. The summed E-state index contributed by atoms with van der Waals surface area (Å²) in [6, 6.07) is 8.49. The maximum absolute atomic E-state index is 5.98.